The molecule has 0 spiro atoms. The van der Waals surface area contributed by atoms with Gasteiger partial charge in [-0.3, -0.25) is 4.79 Å². The molecular formula is C14H21NO3. The number of methoxy groups -OCH3 is 1. The van der Waals surface area contributed by atoms with Gasteiger partial charge in [-0.2, -0.15) is 0 Å². The van der Waals surface area contributed by atoms with E-state index in [1.807, 2.05) is 38.1 Å². The molecule has 0 saturated carbocycles. The Hall–Kier alpha value is -1.55. The maximum absolute atomic E-state index is 11.6. The van der Waals surface area contributed by atoms with Crippen LogP contribution in [0.15, 0.2) is 24.3 Å². The third kappa shape index (κ3) is 4.75. The van der Waals surface area contributed by atoms with E-state index in [9.17, 15) is 4.79 Å². The van der Waals surface area contributed by atoms with Crippen LogP contribution < -0.4 is 10.1 Å². The van der Waals surface area contributed by atoms with Crippen molar-refractivity contribution in [2.45, 2.75) is 26.3 Å². The van der Waals surface area contributed by atoms with Gasteiger partial charge in [0.1, 0.15) is 12.4 Å². The van der Waals surface area contributed by atoms with Crippen LogP contribution in [0.5, 0.6) is 5.75 Å². The van der Waals surface area contributed by atoms with Crippen LogP contribution >= 0.6 is 0 Å². The quantitative estimate of drug-likeness (QED) is 0.756. The van der Waals surface area contributed by atoms with Crippen LogP contribution in [-0.4, -0.2) is 26.2 Å². The van der Waals surface area contributed by atoms with E-state index in [1.165, 1.54) is 0 Å². The van der Waals surface area contributed by atoms with Gasteiger partial charge in [0.25, 0.3) is 0 Å². The number of nitrogens with one attached hydrogen (secondary N) is 1. The highest BCUT2D eigenvalue weighted by molar-refractivity contribution is 5.77. The standard InChI is InChI=1S/C14H21NO3/c1-4-9-18-10-14(16)15-11(2)12-5-7-13(17-3)8-6-12/h5-8,11H,4,9-10H2,1-3H3,(H,15,16)/t11-/m1/s1. The van der Waals surface area contributed by atoms with Crippen molar-refractivity contribution in [1.82, 2.24) is 5.32 Å². The number of carbonyl (C=O) groups is 1. The molecule has 0 radical (unpaired) electrons. The van der Waals surface area contributed by atoms with Gasteiger partial charge in [-0.05, 0) is 31.0 Å². The first-order valence-electron chi connectivity index (χ1n) is 6.18. The minimum atomic E-state index is -0.0910. The molecule has 4 nitrogen and oxygen atoms in total. The molecular weight excluding hydrogens is 230 g/mol. The maximum Gasteiger partial charge on any atom is 0.246 e. The minimum Gasteiger partial charge on any atom is -0.497 e. The lowest BCUT2D eigenvalue weighted by atomic mass is 10.1. The zero-order valence-corrected chi connectivity index (χ0v) is 11.2. The molecule has 1 atom stereocenters. The molecule has 0 saturated heterocycles. The van der Waals surface area contributed by atoms with Gasteiger partial charge in [0.2, 0.25) is 5.91 Å². The molecule has 0 unspecified atom stereocenters. The highest BCUT2D eigenvalue weighted by Crippen LogP contribution is 2.16. The summed E-state index contributed by atoms with van der Waals surface area (Å²) >= 11 is 0. The van der Waals surface area contributed by atoms with Gasteiger partial charge in [-0.1, -0.05) is 19.1 Å². The van der Waals surface area contributed by atoms with E-state index < -0.39 is 0 Å². The molecule has 100 valence electrons. The fourth-order valence-electron chi connectivity index (χ4n) is 1.57. The van der Waals surface area contributed by atoms with E-state index in [0.717, 1.165) is 17.7 Å². The lowest BCUT2D eigenvalue weighted by Gasteiger charge is -2.14. The molecule has 1 amide bonds. The Bertz CT molecular complexity index is 362. The summed E-state index contributed by atoms with van der Waals surface area (Å²) in [6.45, 7) is 4.69. The summed E-state index contributed by atoms with van der Waals surface area (Å²) in [6.07, 6.45) is 0.918. The Morgan fingerprint density at radius 2 is 2.00 bits per heavy atom. The second kappa shape index (κ2) is 7.71. The van der Waals surface area contributed by atoms with Gasteiger partial charge in [0, 0.05) is 6.61 Å². The summed E-state index contributed by atoms with van der Waals surface area (Å²) in [7, 11) is 1.63. The lowest BCUT2D eigenvalue weighted by Crippen LogP contribution is -2.30. The Balaban J connectivity index is 2.43. The van der Waals surface area contributed by atoms with Crippen LogP contribution in [-0.2, 0) is 9.53 Å². The molecule has 0 aromatic heterocycles. The van der Waals surface area contributed by atoms with Crippen molar-refractivity contribution in [2.24, 2.45) is 0 Å². The molecule has 1 N–H and O–H groups in total. The molecule has 1 aromatic rings. The molecule has 0 aliphatic carbocycles. The lowest BCUT2D eigenvalue weighted by molar-refractivity contribution is -0.126. The highest BCUT2D eigenvalue weighted by atomic mass is 16.5. The third-order valence-corrected chi connectivity index (χ3v) is 2.57. The summed E-state index contributed by atoms with van der Waals surface area (Å²) in [5, 5.41) is 2.89. The average Bonchev–Trinajstić information content (AvgIpc) is 2.39. The number of carbonyl (C=O) groups excluding carboxylic acids is 1. The van der Waals surface area contributed by atoms with Crippen LogP contribution in [0, 0.1) is 0 Å². The molecule has 18 heavy (non-hydrogen) atoms. The SMILES string of the molecule is CCCOCC(=O)N[C@H](C)c1ccc(OC)cc1. The fraction of sp³-hybridized carbons (Fsp3) is 0.500. The van der Waals surface area contributed by atoms with Crippen molar-refractivity contribution in [1.29, 1.82) is 0 Å². The molecule has 0 aliphatic rings. The monoisotopic (exact) mass is 251 g/mol. The summed E-state index contributed by atoms with van der Waals surface area (Å²) in [5.74, 6) is 0.718. The Morgan fingerprint density at radius 3 is 2.56 bits per heavy atom. The normalized spacial score (nSPS) is 11.9. The van der Waals surface area contributed by atoms with Gasteiger partial charge in [0.05, 0.1) is 13.2 Å². The smallest absolute Gasteiger partial charge is 0.246 e. The summed E-state index contributed by atoms with van der Waals surface area (Å²) < 4.78 is 10.3. The highest BCUT2D eigenvalue weighted by Gasteiger charge is 2.09. The second-order valence-electron chi connectivity index (χ2n) is 4.11. The molecule has 0 aliphatic heterocycles. The first kappa shape index (κ1) is 14.5. The Labute approximate surface area is 108 Å². The van der Waals surface area contributed by atoms with Gasteiger partial charge in [-0.25, -0.2) is 0 Å². The number of benzene rings is 1. The second-order valence-corrected chi connectivity index (χ2v) is 4.11. The van der Waals surface area contributed by atoms with Crippen LogP contribution in [0.4, 0.5) is 0 Å². The first-order chi connectivity index (χ1) is 8.67. The van der Waals surface area contributed by atoms with Crippen molar-refractivity contribution < 1.29 is 14.3 Å². The summed E-state index contributed by atoms with van der Waals surface area (Å²) in [4.78, 5) is 11.6. The number of hydrogen-bond donors (Lipinski definition) is 1. The van der Waals surface area contributed by atoms with Crippen LogP contribution in [0.2, 0.25) is 0 Å². The van der Waals surface area contributed by atoms with E-state index in [2.05, 4.69) is 5.32 Å². The van der Waals surface area contributed by atoms with Gasteiger partial charge in [-0.15, -0.1) is 0 Å². The van der Waals surface area contributed by atoms with Gasteiger partial charge in [0.15, 0.2) is 0 Å². The number of ether oxygens (including phenoxy) is 2. The summed E-state index contributed by atoms with van der Waals surface area (Å²) in [6, 6.07) is 7.61. The molecule has 0 fully saturated rings. The predicted molar refractivity (Wildman–Crippen MR) is 70.7 cm³/mol. The van der Waals surface area contributed by atoms with E-state index in [-0.39, 0.29) is 18.6 Å². The number of hydrogen-bond acceptors (Lipinski definition) is 3. The van der Waals surface area contributed by atoms with E-state index in [0.29, 0.717) is 6.61 Å². The van der Waals surface area contributed by atoms with Gasteiger partial charge >= 0.3 is 0 Å². The van der Waals surface area contributed by atoms with E-state index in [4.69, 9.17) is 9.47 Å². The van der Waals surface area contributed by atoms with Crippen molar-refractivity contribution in [3.8, 4) is 5.75 Å². The van der Waals surface area contributed by atoms with Crippen LogP contribution in [0.1, 0.15) is 31.9 Å². The molecule has 1 aromatic carbocycles. The predicted octanol–water partition coefficient (Wildman–Crippen LogP) is 2.30. The third-order valence-electron chi connectivity index (χ3n) is 2.57. The topological polar surface area (TPSA) is 47.6 Å². The molecule has 0 bridgehead atoms. The summed E-state index contributed by atoms with van der Waals surface area (Å²) in [5.41, 5.74) is 1.04. The van der Waals surface area contributed by atoms with E-state index >= 15 is 0 Å². The number of amides is 1. The Morgan fingerprint density at radius 1 is 1.33 bits per heavy atom. The first-order valence-corrected chi connectivity index (χ1v) is 6.18. The Kier molecular flexibility index (Phi) is 6.22. The zero-order valence-electron chi connectivity index (χ0n) is 11.2. The van der Waals surface area contributed by atoms with Crippen LogP contribution in [0.3, 0.4) is 0 Å². The zero-order chi connectivity index (χ0) is 13.4. The molecule has 0 heterocycles. The largest absolute Gasteiger partial charge is 0.497 e. The van der Waals surface area contributed by atoms with Crippen LogP contribution in [0.25, 0.3) is 0 Å². The van der Waals surface area contributed by atoms with Crippen molar-refractivity contribution >= 4 is 5.91 Å². The van der Waals surface area contributed by atoms with Crippen molar-refractivity contribution in [3.05, 3.63) is 29.8 Å². The minimum absolute atomic E-state index is 0.0337. The molecule has 1 rings (SSSR count). The number of rotatable bonds is 7. The maximum atomic E-state index is 11.6. The fourth-order valence-corrected chi connectivity index (χ4v) is 1.57. The van der Waals surface area contributed by atoms with Crippen molar-refractivity contribution in [2.75, 3.05) is 20.3 Å². The average molecular weight is 251 g/mol. The van der Waals surface area contributed by atoms with Crippen molar-refractivity contribution in [3.63, 3.8) is 0 Å². The molecule has 4 heteroatoms. The van der Waals surface area contributed by atoms with E-state index in [1.54, 1.807) is 7.11 Å². The van der Waals surface area contributed by atoms with Gasteiger partial charge < -0.3 is 14.8 Å².